The molecule has 122 valence electrons. The lowest BCUT2D eigenvalue weighted by molar-refractivity contribution is 0.0468. The summed E-state index contributed by atoms with van der Waals surface area (Å²) in [5.41, 5.74) is 1.04. The minimum Gasteiger partial charge on any atom is -0.454 e. The predicted octanol–water partition coefficient (Wildman–Crippen LogP) is 4.63. The molecule has 0 fully saturated rings. The van der Waals surface area contributed by atoms with Gasteiger partial charge in [-0.05, 0) is 35.0 Å². The summed E-state index contributed by atoms with van der Waals surface area (Å²) in [5.74, 6) is -0.715. The summed E-state index contributed by atoms with van der Waals surface area (Å²) in [6, 6.07) is 22.0. The van der Waals surface area contributed by atoms with Crippen molar-refractivity contribution in [3.8, 4) is 0 Å². The van der Waals surface area contributed by atoms with Crippen LogP contribution >= 0.6 is 0 Å². The van der Waals surface area contributed by atoms with Gasteiger partial charge in [0.2, 0.25) is 5.78 Å². The summed E-state index contributed by atoms with van der Waals surface area (Å²) in [4.78, 5) is 24.4. The molecule has 4 aromatic rings. The Hall–Kier alpha value is -3.40. The lowest BCUT2D eigenvalue weighted by atomic mass is 10.1. The van der Waals surface area contributed by atoms with Gasteiger partial charge in [0.05, 0.1) is 5.56 Å². The van der Waals surface area contributed by atoms with Crippen LogP contribution in [-0.4, -0.2) is 18.4 Å². The van der Waals surface area contributed by atoms with Crippen LogP contribution in [0.15, 0.2) is 77.2 Å². The molecule has 0 saturated heterocycles. The van der Waals surface area contributed by atoms with E-state index in [0.717, 1.165) is 16.2 Å². The summed E-state index contributed by atoms with van der Waals surface area (Å²) in [6.07, 6.45) is 0. The third kappa shape index (κ3) is 3.02. The molecular formula is C21H14O4. The van der Waals surface area contributed by atoms with Gasteiger partial charge in [-0.15, -0.1) is 0 Å². The van der Waals surface area contributed by atoms with Gasteiger partial charge >= 0.3 is 5.97 Å². The van der Waals surface area contributed by atoms with Crippen molar-refractivity contribution in [3.63, 3.8) is 0 Å². The van der Waals surface area contributed by atoms with E-state index < -0.39 is 5.97 Å². The van der Waals surface area contributed by atoms with Crippen molar-refractivity contribution in [2.75, 3.05) is 6.61 Å². The molecule has 0 unspecified atom stereocenters. The number of hydrogen-bond donors (Lipinski definition) is 0. The predicted molar refractivity (Wildman–Crippen MR) is 94.8 cm³/mol. The van der Waals surface area contributed by atoms with Crippen LogP contribution in [0, 0.1) is 0 Å². The minimum atomic E-state index is -0.532. The van der Waals surface area contributed by atoms with E-state index in [1.54, 1.807) is 24.3 Å². The fraction of sp³-hybridized carbons (Fsp3) is 0.0476. The maximum atomic E-state index is 12.2. The Morgan fingerprint density at radius 3 is 2.32 bits per heavy atom. The Labute approximate surface area is 143 Å². The quantitative estimate of drug-likeness (QED) is 0.404. The van der Waals surface area contributed by atoms with E-state index in [-0.39, 0.29) is 18.2 Å². The third-order valence-corrected chi connectivity index (χ3v) is 4.02. The Morgan fingerprint density at radius 2 is 1.52 bits per heavy atom. The zero-order valence-corrected chi connectivity index (χ0v) is 13.3. The van der Waals surface area contributed by atoms with Crippen molar-refractivity contribution < 1.29 is 18.7 Å². The highest BCUT2D eigenvalue weighted by atomic mass is 16.5. The number of esters is 1. The van der Waals surface area contributed by atoms with Crippen LogP contribution in [0.25, 0.3) is 21.7 Å². The van der Waals surface area contributed by atoms with E-state index in [1.165, 1.54) is 0 Å². The molecule has 0 aliphatic carbocycles. The highest BCUT2D eigenvalue weighted by molar-refractivity contribution is 6.01. The first-order valence-electron chi connectivity index (χ1n) is 7.88. The zero-order valence-electron chi connectivity index (χ0n) is 13.3. The molecule has 0 N–H and O–H groups in total. The van der Waals surface area contributed by atoms with E-state index in [0.29, 0.717) is 11.1 Å². The molecule has 0 radical (unpaired) electrons. The number of Topliss-reactive ketones (excluding diaryl/α,β-unsaturated/α-hetero) is 1. The molecule has 0 aliphatic rings. The van der Waals surface area contributed by atoms with E-state index in [2.05, 4.69) is 0 Å². The highest BCUT2D eigenvalue weighted by Gasteiger charge is 2.15. The lowest BCUT2D eigenvalue weighted by Gasteiger charge is -2.04. The number of rotatable bonds is 4. The molecule has 1 heterocycles. The molecule has 4 rings (SSSR count). The minimum absolute atomic E-state index is 0.188. The Kier molecular flexibility index (Phi) is 3.78. The average Bonchev–Trinajstić information content (AvgIpc) is 3.09. The molecule has 25 heavy (non-hydrogen) atoms. The smallest absolute Gasteiger partial charge is 0.338 e. The van der Waals surface area contributed by atoms with Crippen LogP contribution in [-0.2, 0) is 4.74 Å². The van der Waals surface area contributed by atoms with Gasteiger partial charge in [0.15, 0.2) is 12.4 Å². The van der Waals surface area contributed by atoms with Gasteiger partial charge < -0.3 is 9.15 Å². The van der Waals surface area contributed by atoms with Crippen LogP contribution < -0.4 is 0 Å². The van der Waals surface area contributed by atoms with Crippen LogP contribution in [0.1, 0.15) is 20.9 Å². The molecule has 0 bridgehead atoms. The van der Waals surface area contributed by atoms with Crippen LogP contribution in [0.4, 0.5) is 0 Å². The SMILES string of the molecule is O=C(OCC(=O)c1cc2ccccc2o1)c1ccc2ccccc2c1. The molecule has 4 nitrogen and oxygen atoms in total. The first-order valence-corrected chi connectivity index (χ1v) is 7.88. The Bertz CT molecular complexity index is 1060. The van der Waals surface area contributed by atoms with Crippen LogP contribution in [0.2, 0.25) is 0 Å². The van der Waals surface area contributed by atoms with Crippen molar-refractivity contribution in [1.29, 1.82) is 0 Å². The fourth-order valence-electron chi connectivity index (χ4n) is 2.72. The van der Waals surface area contributed by atoms with E-state index >= 15 is 0 Å². The summed E-state index contributed by atoms with van der Waals surface area (Å²) in [5, 5.41) is 2.82. The fourth-order valence-corrected chi connectivity index (χ4v) is 2.72. The van der Waals surface area contributed by atoms with E-state index in [4.69, 9.17) is 9.15 Å². The molecule has 0 saturated carbocycles. The van der Waals surface area contributed by atoms with Gasteiger partial charge in [-0.1, -0.05) is 48.5 Å². The van der Waals surface area contributed by atoms with Crippen LogP contribution in [0.5, 0.6) is 0 Å². The first kappa shape index (κ1) is 15.1. The number of para-hydroxylation sites is 1. The van der Waals surface area contributed by atoms with Gasteiger partial charge in [-0.2, -0.15) is 0 Å². The van der Waals surface area contributed by atoms with Crippen molar-refractivity contribution in [1.82, 2.24) is 0 Å². The zero-order chi connectivity index (χ0) is 17.2. The van der Waals surface area contributed by atoms with Crippen molar-refractivity contribution in [3.05, 3.63) is 84.1 Å². The van der Waals surface area contributed by atoms with Gasteiger partial charge in [0.25, 0.3) is 0 Å². The molecule has 0 atom stereocenters. The Balaban J connectivity index is 1.47. The monoisotopic (exact) mass is 330 g/mol. The number of furan rings is 1. The molecule has 3 aromatic carbocycles. The summed E-state index contributed by atoms with van der Waals surface area (Å²) in [6.45, 7) is -0.356. The molecule has 0 amide bonds. The van der Waals surface area contributed by atoms with Gasteiger partial charge in [-0.25, -0.2) is 4.79 Å². The van der Waals surface area contributed by atoms with E-state index in [1.807, 2.05) is 48.5 Å². The topological polar surface area (TPSA) is 56.5 Å². The van der Waals surface area contributed by atoms with Gasteiger partial charge in [-0.3, -0.25) is 4.79 Å². The third-order valence-electron chi connectivity index (χ3n) is 4.02. The molecule has 4 heteroatoms. The second-order valence-corrected chi connectivity index (χ2v) is 5.71. The second kappa shape index (κ2) is 6.24. The normalized spacial score (nSPS) is 10.9. The molecule has 0 spiro atoms. The summed E-state index contributed by atoms with van der Waals surface area (Å²) in [7, 11) is 0. The molecule has 0 aliphatic heterocycles. The average molecular weight is 330 g/mol. The molecule has 1 aromatic heterocycles. The largest absolute Gasteiger partial charge is 0.454 e. The number of hydrogen-bond acceptors (Lipinski definition) is 4. The molecular weight excluding hydrogens is 316 g/mol. The van der Waals surface area contributed by atoms with Gasteiger partial charge in [0, 0.05) is 5.39 Å². The highest BCUT2D eigenvalue weighted by Crippen LogP contribution is 2.20. The number of carbonyl (C=O) groups is 2. The Morgan fingerprint density at radius 1 is 0.800 bits per heavy atom. The van der Waals surface area contributed by atoms with Crippen molar-refractivity contribution in [2.24, 2.45) is 0 Å². The number of ketones is 1. The van der Waals surface area contributed by atoms with E-state index in [9.17, 15) is 9.59 Å². The lowest BCUT2D eigenvalue weighted by Crippen LogP contribution is -2.13. The second-order valence-electron chi connectivity index (χ2n) is 5.71. The number of benzene rings is 3. The first-order chi connectivity index (χ1) is 12.2. The summed E-state index contributed by atoms with van der Waals surface area (Å²) >= 11 is 0. The van der Waals surface area contributed by atoms with Crippen molar-refractivity contribution in [2.45, 2.75) is 0 Å². The van der Waals surface area contributed by atoms with Crippen LogP contribution in [0.3, 0.4) is 0 Å². The number of ether oxygens (including phenoxy) is 1. The number of fused-ring (bicyclic) bond motifs is 2. The van der Waals surface area contributed by atoms with Crippen molar-refractivity contribution >= 4 is 33.5 Å². The number of carbonyl (C=O) groups excluding carboxylic acids is 2. The standard InChI is InChI=1S/C21H14O4/c22-18(20-12-16-7-3-4-8-19(16)25-20)13-24-21(23)17-10-9-14-5-1-2-6-15(14)11-17/h1-12H,13H2. The maximum absolute atomic E-state index is 12.2. The maximum Gasteiger partial charge on any atom is 0.338 e. The summed E-state index contributed by atoms with van der Waals surface area (Å²) < 4.78 is 10.6. The van der Waals surface area contributed by atoms with Gasteiger partial charge in [0.1, 0.15) is 5.58 Å².